The van der Waals surface area contributed by atoms with E-state index in [-0.39, 0.29) is 62.0 Å². The number of fused-ring (bicyclic) bond motifs is 3. The molecule has 5 aromatic rings. The molecule has 302 valence electrons. The third-order valence-corrected chi connectivity index (χ3v) is 8.89. The maximum atomic E-state index is 14.7. The Bertz CT molecular complexity index is 2650. The first-order valence-electron chi connectivity index (χ1n) is 18.2. The van der Waals surface area contributed by atoms with Gasteiger partial charge in [-0.3, -0.25) is 0 Å². The molecule has 5 rings (SSSR count). The van der Waals surface area contributed by atoms with Crippen LogP contribution < -0.4 is 18.9 Å². The van der Waals surface area contributed by atoms with Crippen molar-refractivity contribution in [3.05, 3.63) is 157 Å². The average Bonchev–Trinajstić information content (AvgIpc) is 3.18. The average molecular weight is 803 g/mol. The highest BCUT2D eigenvalue weighted by Crippen LogP contribution is 2.47. The molecule has 0 saturated carbocycles. The van der Waals surface area contributed by atoms with Crippen LogP contribution in [0.15, 0.2) is 134 Å². The van der Waals surface area contributed by atoms with Gasteiger partial charge in [-0.1, -0.05) is 58.4 Å². The van der Waals surface area contributed by atoms with E-state index in [1.807, 2.05) is 25.1 Å². The standard InChI is InChI=1S/C48H41F3O8/c1-11-12-32-17-30-13-14-31-18-37(44(59-48(54)28(8)9)22-35(31)34(30)21-41(32)58-47(53)27(6)7)38-24-43(57-29(10)25(2)3)36(33-19-39(49)45(51)40(50)20-33)23-42(38)55-15-16-56-46(52)26(4)5/h13-24H,2,4,6,8,10-12H2,1,3,5,7,9H3/b16-15-. The lowest BCUT2D eigenvalue weighted by Gasteiger charge is -2.20. The fourth-order valence-electron chi connectivity index (χ4n) is 5.79. The van der Waals surface area contributed by atoms with Crippen LogP contribution in [-0.4, -0.2) is 17.9 Å². The lowest BCUT2D eigenvalue weighted by atomic mass is 9.93. The zero-order valence-electron chi connectivity index (χ0n) is 33.3. The topological polar surface area (TPSA) is 97.4 Å². The molecule has 0 bridgehead atoms. The van der Waals surface area contributed by atoms with E-state index in [0.717, 1.165) is 42.0 Å². The number of carbonyl (C=O) groups excluding carboxylic acids is 3. The summed E-state index contributed by atoms with van der Waals surface area (Å²) in [5, 5.41) is 2.74. The predicted octanol–water partition coefficient (Wildman–Crippen LogP) is 12.1. The minimum Gasteiger partial charge on any atom is -0.461 e. The van der Waals surface area contributed by atoms with Crippen molar-refractivity contribution in [3.8, 4) is 45.3 Å². The molecule has 0 aromatic heterocycles. The molecule has 0 N–H and O–H groups in total. The molecule has 5 aromatic carbocycles. The summed E-state index contributed by atoms with van der Waals surface area (Å²) in [6.07, 6.45) is 3.42. The molecule has 59 heavy (non-hydrogen) atoms. The molecule has 0 amide bonds. The highest BCUT2D eigenvalue weighted by atomic mass is 19.2. The maximum Gasteiger partial charge on any atom is 0.338 e. The van der Waals surface area contributed by atoms with Gasteiger partial charge in [0.15, 0.2) is 17.5 Å². The van der Waals surface area contributed by atoms with E-state index in [0.29, 0.717) is 33.9 Å². The van der Waals surface area contributed by atoms with Gasteiger partial charge in [-0.2, -0.15) is 0 Å². The first-order chi connectivity index (χ1) is 27.9. The number of esters is 3. The van der Waals surface area contributed by atoms with Crippen molar-refractivity contribution < 1.29 is 51.2 Å². The number of halogens is 3. The van der Waals surface area contributed by atoms with Crippen LogP contribution in [0, 0.1) is 17.5 Å². The van der Waals surface area contributed by atoms with Crippen LogP contribution >= 0.6 is 0 Å². The number of aryl methyl sites for hydroxylation is 1. The Morgan fingerprint density at radius 2 is 1.08 bits per heavy atom. The molecule has 0 radical (unpaired) electrons. The van der Waals surface area contributed by atoms with Crippen LogP contribution in [0.3, 0.4) is 0 Å². The van der Waals surface area contributed by atoms with Crippen molar-refractivity contribution in [2.45, 2.75) is 47.5 Å². The molecule has 0 aliphatic heterocycles. The van der Waals surface area contributed by atoms with Crippen molar-refractivity contribution in [2.24, 2.45) is 0 Å². The molecule has 0 atom stereocenters. The van der Waals surface area contributed by atoms with Gasteiger partial charge in [0.25, 0.3) is 0 Å². The molecule has 8 nitrogen and oxygen atoms in total. The number of allylic oxidation sites excluding steroid dienone is 1. The van der Waals surface area contributed by atoms with Crippen molar-refractivity contribution in [1.82, 2.24) is 0 Å². The SMILES string of the molecule is C=C(C)C(=C)Oc1cc(-c2cc3ccc4cc(CCC)c(OC(=O)C(=C)C)cc4c3cc2OC(=O)C(=C)C)c(O/C=C\OC(=O)C(=C)C)cc1-c1cc(F)c(F)c(F)c1. The molecule has 0 fully saturated rings. The van der Waals surface area contributed by atoms with Gasteiger partial charge in [0.05, 0.1) is 0 Å². The largest absolute Gasteiger partial charge is 0.461 e. The Kier molecular flexibility index (Phi) is 13.1. The number of carbonyl (C=O) groups is 3. The predicted molar refractivity (Wildman–Crippen MR) is 222 cm³/mol. The van der Waals surface area contributed by atoms with Gasteiger partial charge in [0, 0.05) is 33.4 Å². The zero-order valence-corrected chi connectivity index (χ0v) is 33.3. The highest BCUT2D eigenvalue weighted by molar-refractivity contribution is 6.11. The fraction of sp³-hybridized carbons (Fsp3) is 0.146. The number of hydrogen-bond donors (Lipinski definition) is 0. The van der Waals surface area contributed by atoms with Crippen LogP contribution in [0.5, 0.6) is 23.0 Å². The van der Waals surface area contributed by atoms with Crippen LogP contribution in [0.25, 0.3) is 43.8 Å². The number of rotatable bonds is 15. The third-order valence-electron chi connectivity index (χ3n) is 8.89. The van der Waals surface area contributed by atoms with E-state index in [1.165, 1.54) is 26.0 Å². The summed E-state index contributed by atoms with van der Waals surface area (Å²) < 4.78 is 72.5. The number of hydrogen-bond acceptors (Lipinski definition) is 8. The van der Waals surface area contributed by atoms with E-state index in [2.05, 4.69) is 32.9 Å². The van der Waals surface area contributed by atoms with Crippen LogP contribution in [0.4, 0.5) is 13.2 Å². The molecule has 0 aliphatic rings. The van der Waals surface area contributed by atoms with E-state index < -0.39 is 35.4 Å². The Morgan fingerprint density at radius 1 is 0.576 bits per heavy atom. The molecule has 0 saturated heterocycles. The molecule has 11 heteroatoms. The number of benzene rings is 5. The summed E-state index contributed by atoms with van der Waals surface area (Å²) >= 11 is 0. The molecule has 0 unspecified atom stereocenters. The summed E-state index contributed by atoms with van der Waals surface area (Å²) in [5.41, 5.74) is 2.02. The Hall–Kier alpha value is -7.14. The molecular weight excluding hydrogens is 762 g/mol. The van der Waals surface area contributed by atoms with Gasteiger partial charge in [-0.25, -0.2) is 27.6 Å². The van der Waals surface area contributed by atoms with Crippen molar-refractivity contribution in [3.63, 3.8) is 0 Å². The second-order valence-corrected chi connectivity index (χ2v) is 13.9. The van der Waals surface area contributed by atoms with Gasteiger partial charge in [-0.15, -0.1) is 0 Å². The highest BCUT2D eigenvalue weighted by Gasteiger charge is 2.24. The second-order valence-electron chi connectivity index (χ2n) is 13.9. The first kappa shape index (κ1) is 43.0. The lowest BCUT2D eigenvalue weighted by Crippen LogP contribution is -2.10. The quantitative estimate of drug-likeness (QED) is 0.0196. The molecule has 0 heterocycles. The zero-order chi connectivity index (χ0) is 43.3. The first-order valence-corrected chi connectivity index (χ1v) is 18.2. The normalized spacial score (nSPS) is 11.0. The van der Waals surface area contributed by atoms with E-state index in [1.54, 1.807) is 32.0 Å². The molecule has 0 spiro atoms. The van der Waals surface area contributed by atoms with Crippen LogP contribution in [0.1, 0.15) is 46.6 Å². The summed E-state index contributed by atoms with van der Waals surface area (Å²) in [4.78, 5) is 38.0. The maximum absolute atomic E-state index is 14.7. The van der Waals surface area contributed by atoms with Gasteiger partial charge < -0.3 is 23.7 Å². The lowest BCUT2D eigenvalue weighted by molar-refractivity contribution is -0.133. The Labute approximate surface area is 339 Å². The minimum atomic E-state index is -1.67. The van der Waals surface area contributed by atoms with Crippen molar-refractivity contribution >= 4 is 39.5 Å². The molecule has 0 aliphatic carbocycles. The van der Waals surface area contributed by atoms with Crippen LogP contribution in [-0.2, 0) is 25.5 Å². The summed E-state index contributed by atoms with van der Waals surface area (Å²) in [6.45, 7) is 26.9. The van der Waals surface area contributed by atoms with Gasteiger partial charge in [-0.05, 0) is 121 Å². The summed E-state index contributed by atoms with van der Waals surface area (Å²) in [6, 6.07) is 15.2. The monoisotopic (exact) mass is 802 g/mol. The third kappa shape index (κ3) is 9.70. The van der Waals surface area contributed by atoms with Gasteiger partial charge in [0.2, 0.25) is 0 Å². The van der Waals surface area contributed by atoms with Crippen molar-refractivity contribution in [1.29, 1.82) is 0 Å². The Balaban J connectivity index is 1.86. The van der Waals surface area contributed by atoms with Crippen LogP contribution in [0.2, 0.25) is 0 Å². The van der Waals surface area contributed by atoms with Gasteiger partial charge >= 0.3 is 17.9 Å². The smallest absolute Gasteiger partial charge is 0.338 e. The van der Waals surface area contributed by atoms with E-state index in [9.17, 15) is 27.6 Å². The molecular formula is C48H41F3O8. The van der Waals surface area contributed by atoms with Crippen molar-refractivity contribution in [2.75, 3.05) is 0 Å². The summed E-state index contributed by atoms with van der Waals surface area (Å²) in [5.74, 6) is -6.26. The number of ether oxygens (including phenoxy) is 5. The van der Waals surface area contributed by atoms with E-state index in [4.69, 9.17) is 23.7 Å². The van der Waals surface area contributed by atoms with E-state index >= 15 is 0 Å². The van der Waals surface area contributed by atoms with Gasteiger partial charge in [0.1, 0.15) is 41.3 Å². The second kappa shape index (κ2) is 18.0. The minimum absolute atomic E-state index is 0.0213. The Morgan fingerprint density at radius 3 is 1.64 bits per heavy atom. The fourth-order valence-corrected chi connectivity index (χ4v) is 5.79. The summed E-state index contributed by atoms with van der Waals surface area (Å²) in [7, 11) is 0.